The summed E-state index contributed by atoms with van der Waals surface area (Å²) >= 11 is 0. The van der Waals surface area contributed by atoms with Crippen molar-refractivity contribution in [2.45, 2.75) is 26.3 Å². The van der Waals surface area contributed by atoms with Gasteiger partial charge in [0.05, 0.1) is 19.1 Å². The lowest BCUT2D eigenvalue weighted by molar-refractivity contribution is -0.131. The molecule has 0 bridgehead atoms. The standard InChI is InChI=1S/C20H23NO3/c1-15-9-11-17(12-10-15)20(23)16(2)21(3)19(22)13-14-24-18-7-5-4-6-8-18/h4-12,16H,13-14H2,1-3H3. The zero-order valence-corrected chi connectivity index (χ0v) is 14.4. The van der Waals surface area contributed by atoms with Crippen molar-refractivity contribution in [2.24, 2.45) is 0 Å². The molecule has 0 N–H and O–H groups in total. The van der Waals surface area contributed by atoms with Gasteiger partial charge in [-0.05, 0) is 26.0 Å². The Morgan fingerprint density at radius 3 is 2.29 bits per heavy atom. The molecule has 126 valence electrons. The third-order valence-electron chi connectivity index (χ3n) is 4.02. The lowest BCUT2D eigenvalue weighted by Gasteiger charge is -2.24. The van der Waals surface area contributed by atoms with E-state index in [1.165, 1.54) is 4.90 Å². The first-order valence-electron chi connectivity index (χ1n) is 8.03. The number of Topliss-reactive ketones (excluding diaryl/α,β-unsaturated/α-hetero) is 1. The molecule has 0 aliphatic heterocycles. The molecule has 0 aromatic heterocycles. The molecule has 4 nitrogen and oxygen atoms in total. The van der Waals surface area contributed by atoms with Gasteiger partial charge >= 0.3 is 0 Å². The highest BCUT2D eigenvalue weighted by Gasteiger charge is 2.23. The average molecular weight is 325 g/mol. The van der Waals surface area contributed by atoms with Crippen molar-refractivity contribution in [1.82, 2.24) is 4.90 Å². The van der Waals surface area contributed by atoms with Gasteiger partial charge in [-0.25, -0.2) is 0 Å². The van der Waals surface area contributed by atoms with Crippen molar-refractivity contribution < 1.29 is 14.3 Å². The van der Waals surface area contributed by atoms with Crippen molar-refractivity contribution in [3.63, 3.8) is 0 Å². The Labute approximate surface area is 143 Å². The number of aryl methyl sites for hydroxylation is 1. The predicted molar refractivity (Wildman–Crippen MR) is 94.3 cm³/mol. The van der Waals surface area contributed by atoms with E-state index in [4.69, 9.17) is 4.74 Å². The second-order valence-electron chi connectivity index (χ2n) is 5.82. The van der Waals surface area contributed by atoms with Gasteiger partial charge in [-0.15, -0.1) is 0 Å². The van der Waals surface area contributed by atoms with Crippen molar-refractivity contribution in [2.75, 3.05) is 13.7 Å². The number of para-hydroxylation sites is 1. The van der Waals surface area contributed by atoms with Gasteiger partial charge in [0.1, 0.15) is 5.75 Å². The second kappa shape index (κ2) is 8.29. The number of rotatable bonds is 7. The average Bonchev–Trinajstić information content (AvgIpc) is 2.61. The molecule has 1 atom stereocenters. The fourth-order valence-corrected chi connectivity index (χ4v) is 2.30. The fraction of sp³-hybridized carbons (Fsp3) is 0.300. The number of hydrogen-bond acceptors (Lipinski definition) is 3. The van der Waals surface area contributed by atoms with E-state index in [0.29, 0.717) is 12.2 Å². The molecular weight excluding hydrogens is 302 g/mol. The normalized spacial score (nSPS) is 11.6. The maximum Gasteiger partial charge on any atom is 0.226 e. The number of carbonyl (C=O) groups is 2. The van der Waals surface area contributed by atoms with E-state index in [9.17, 15) is 9.59 Å². The van der Waals surface area contributed by atoms with E-state index in [1.54, 1.807) is 26.1 Å². The van der Waals surface area contributed by atoms with Crippen molar-refractivity contribution >= 4 is 11.7 Å². The highest BCUT2D eigenvalue weighted by atomic mass is 16.5. The third-order valence-corrected chi connectivity index (χ3v) is 4.02. The molecule has 2 aromatic carbocycles. The number of carbonyl (C=O) groups excluding carboxylic acids is 2. The van der Waals surface area contributed by atoms with Crippen molar-refractivity contribution in [3.05, 3.63) is 65.7 Å². The summed E-state index contributed by atoms with van der Waals surface area (Å²) in [6.07, 6.45) is 0.233. The predicted octanol–water partition coefficient (Wildman–Crippen LogP) is 3.49. The van der Waals surface area contributed by atoms with Gasteiger partial charge < -0.3 is 9.64 Å². The van der Waals surface area contributed by atoms with Crippen LogP contribution in [0.2, 0.25) is 0 Å². The molecule has 0 aliphatic carbocycles. The number of likely N-dealkylation sites (N-methyl/N-ethyl adjacent to an activating group) is 1. The molecule has 24 heavy (non-hydrogen) atoms. The first kappa shape index (κ1) is 17.7. The van der Waals surface area contributed by atoms with E-state index < -0.39 is 6.04 Å². The van der Waals surface area contributed by atoms with Gasteiger partial charge in [0.2, 0.25) is 5.91 Å². The molecule has 0 aliphatic rings. The summed E-state index contributed by atoms with van der Waals surface area (Å²) in [6, 6.07) is 16.2. The Balaban J connectivity index is 1.87. The van der Waals surface area contributed by atoms with Crippen LogP contribution in [0.4, 0.5) is 0 Å². The first-order chi connectivity index (χ1) is 11.5. The van der Waals surface area contributed by atoms with Gasteiger partial charge in [-0.1, -0.05) is 48.0 Å². The minimum absolute atomic E-state index is 0.0603. The van der Waals surface area contributed by atoms with Crippen LogP contribution in [0.15, 0.2) is 54.6 Å². The first-order valence-corrected chi connectivity index (χ1v) is 8.03. The van der Waals surface area contributed by atoms with Crippen LogP contribution < -0.4 is 4.74 Å². The van der Waals surface area contributed by atoms with Gasteiger partial charge in [-0.3, -0.25) is 9.59 Å². The number of amides is 1. The third kappa shape index (κ3) is 4.69. The van der Waals surface area contributed by atoms with Crippen LogP contribution in [0, 0.1) is 6.92 Å². The van der Waals surface area contributed by atoms with Gasteiger partial charge in [0.15, 0.2) is 5.78 Å². The summed E-state index contributed by atoms with van der Waals surface area (Å²) in [5, 5.41) is 0. The van der Waals surface area contributed by atoms with Crippen LogP contribution in [-0.4, -0.2) is 36.3 Å². The van der Waals surface area contributed by atoms with Crippen LogP contribution in [0.25, 0.3) is 0 Å². The van der Waals surface area contributed by atoms with E-state index in [-0.39, 0.29) is 18.1 Å². The minimum Gasteiger partial charge on any atom is -0.493 e. The Kier molecular flexibility index (Phi) is 6.13. The Morgan fingerprint density at radius 1 is 1.04 bits per heavy atom. The molecule has 0 radical (unpaired) electrons. The molecule has 0 fully saturated rings. The van der Waals surface area contributed by atoms with Crippen molar-refractivity contribution in [1.29, 1.82) is 0 Å². The maximum atomic E-state index is 12.5. The number of ether oxygens (including phenoxy) is 1. The molecule has 0 saturated carbocycles. The summed E-state index contributed by atoms with van der Waals surface area (Å²) in [7, 11) is 1.65. The smallest absolute Gasteiger partial charge is 0.226 e. The Morgan fingerprint density at radius 2 is 1.67 bits per heavy atom. The molecule has 1 amide bonds. The van der Waals surface area contributed by atoms with Gasteiger partial charge in [-0.2, -0.15) is 0 Å². The van der Waals surface area contributed by atoms with Crippen molar-refractivity contribution in [3.8, 4) is 5.75 Å². The van der Waals surface area contributed by atoms with E-state index >= 15 is 0 Å². The topological polar surface area (TPSA) is 46.6 Å². The molecule has 0 heterocycles. The van der Waals surface area contributed by atoms with Gasteiger partial charge in [0, 0.05) is 12.6 Å². The quantitative estimate of drug-likeness (QED) is 0.732. The minimum atomic E-state index is -0.503. The van der Waals surface area contributed by atoms with E-state index in [0.717, 1.165) is 11.3 Å². The highest BCUT2D eigenvalue weighted by molar-refractivity contribution is 6.01. The lowest BCUT2D eigenvalue weighted by atomic mass is 10.0. The summed E-state index contributed by atoms with van der Waals surface area (Å²) in [6.45, 7) is 4.01. The van der Waals surface area contributed by atoms with Crippen LogP contribution in [0.3, 0.4) is 0 Å². The monoisotopic (exact) mass is 325 g/mol. The number of ketones is 1. The van der Waals surface area contributed by atoms with Crippen LogP contribution in [0.1, 0.15) is 29.3 Å². The zero-order valence-electron chi connectivity index (χ0n) is 14.4. The maximum absolute atomic E-state index is 12.5. The second-order valence-corrected chi connectivity index (χ2v) is 5.82. The molecule has 4 heteroatoms. The molecule has 0 spiro atoms. The summed E-state index contributed by atoms with van der Waals surface area (Å²) in [4.78, 5) is 26.2. The van der Waals surface area contributed by atoms with Crippen LogP contribution in [0.5, 0.6) is 5.75 Å². The van der Waals surface area contributed by atoms with Crippen LogP contribution in [-0.2, 0) is 4.79 Å². The molecule has 2 aromatic rings. The summed E-state index contributed by atoms with van der Waals surface area (Å²) in [5.41, 5.74) is 1.72. The molecule has 2 rings (SSSR count). The Bertz CT molecular complexity index is 680. The van der Waals surface area contributed by atoms with Gasteiger partial charge in [0.25, 0.3) is 0 Å². The number of benzene rings is 2. The largest absolute Gasteiger partial charge is 0.493 e. The fourth-order valence-electron chi connectivity index (χ4n) is 2.30. The SMILES string of the molecule is Cc1ccc(C(=O)C(C)N(C)C(=O)CCOc2ccccc2)cc1. The summed E-state index contributed by atoms with van der Waals surface area (Å²) < 4.78 is 5.53. The molecule has 1 unspecified atom stereocenters. The van der Waals surface area contributed by atoms with E-state index in [2.05, 4.69) is 0 Å². The van der Waals surface area contributed by atoms with E-state index in [1.807, 2.05) is 49.4 Å². The number of nitrogens with zero attached hydrogens (tertiary/aromatic N) is 1. The number of hydrogen-bond donors (Lipinski definition) is 0. The van der Waals surface area contributed by atoms with Crippen LogP contribution >= 0.6 is 0 Å². The highest BCUT2D eigenvalue weighted by Crippen LogP contribution is 2.12. The Hall–Kier alpha value is -2.62. The molecule has 0 saturated heterocycles. The summed E-state index contributed by atoms with van der Waals surface area (Å²) in [5.74, 6) is 0.561. The lowest BCUT2D eigenvalue weighted by Crippen LogP contribution is -2.40. The molecular formula is C20H23NO3. The zero-order chi connectivity index (χ0) is 17.5.